The normalized spacial score (nSPS) is 21.3. The van der Waals surface area contributed by atoms with Crippen LogP contribution in [0.4, 0.5) is 4.39 Å². The van der Waals surface area contributed by atoms with Crippen LogP contribution in [0, 0.1) is 18.7 Å². The predicted octanol–water partition coefficient (Wildman–Crippen LogP) is 3.51. The summed E-state index contributed by atoms with van der Waals surface area (Å²) < 4.78 is 19.1. The molecule has 1 saturated heterocycles. The monoisotopic (exact) mass is 396 g/mol. The molecule has 2 aromatic rings. The van der Waals surface area contributed by atoms with Crippen molar-refractivity contribution in [1.82, 2.24) is 10.2 Å². The quantitative estimate of drug-likeness (QED) is 0.813. The maximum Gasteiger partial charge on any atom is 0.226 e. The number of rotatable bonds is 6. The summed E-state index contributed by atoms with van der Waals surface area (Å²) in [6, 6.07) is 12.4. The van der Waals surface area contributed by atoms with Gasteiger partial charge in [-0.3, -0.25) is 9.59 Å². The second kappa shape index (κ2) is 7.85. The molecular formula is C23H25FN2O3. The molecule has 2 atom stereocenters. The van der Waals surface area contributed by atoms with E-state index in [0.717, 1.165) is 18.4 Å². The first kappa shape index (κ1) is 19.4. The van der Waals surface area contributed by atoms with Gasteiger partial charge in [0.05, 0.1) is 19.1 Å². The highest BCUT2D eigenvalue weighted by molar-refractivity contribution is 5.90. The number of benzene rings is 2. The van der Waals surface area contributed by atoms with E-state index in [4.69, 9.17) is 4.74 Å². The lowest BCUT2D eigenvalue weighted by Crippen LogP contribution is -2.36. The average Bonchev–Trinajstić information content (AvgIpc) is 3.50. The molecule has 29 heavy (non-hydrogen) atoms. The first-order valence-electron chi connectivity index (χ1n) is 9.96. The molecule has 1 saturated carbocycles. The van der Waals surface area contributed by atoms with Crippen molar-refractivity contribution in [3.05, 3.63) is 65.0 Å². The van der Waals surface area contributed by atoms with E-state index in [1.165, 1.54) is 6.07 Å². The van der Waals surface area contributed by atoms with Crippen LogP contribution < -0.4 is 10.1 Å². The SMILES string of the molecule is COc1cccc([C@@H]2[C@@H](C(=O)NCc3ccc(C)c(F)c3)CC(=O)N2C2CC2)c1. The van der Waals surface area contributed by atoms with E-state index < -0.39 is 5.92 Å². The molecule has 152 valence electrons. The number of methoxy groups -OCH3 is 1. The number of hydrogen-bond acceptors (Lipinski definition) is 3. The number of amides is 2. The van der Waals surface area contributed by atoms with Gasteiger partial charge < -0.3 is 15.0 Å². The molecule has 2 aromatic carbocycles. The third-order valence-corrected chi connectivity index (χ3v) is 5.78. The average molecular weight is 396 g/mol. The third kappa shape index (κ3) is 3.97. The van der Waals surface area contributed by atoms with Gasteiger partial charge in [-0.2, -0.15) is 0 Å². The maximum atomic E-state index is 13.8. The highest BCUT2D eigenvalue weighted by Gasteiger charge is 2.49. The number of aryl methyl sites for hydroxylation is 1. The maximum absolute atomic E-state index is 13.8. The minimum absolute atomic E-state index is 0.0156. The summed E-state index contributed by atoms with van der Waals surface area (Å²) in [6.07, 6.45) is 2.14. The van der Waals surface area contributed by atoms with Crippen molar-refractivity contribution < 1.29 is 18.7 Å². The van der Waals surface area contributed by atoms with E-state index >= 15 is 0 Å². The second-order valence-electron chi connectivity index (χ2n) is 7.87. The highest BCUT2D eigenvalue weighted by atomic mass is 19.1. The summed E-state index contributed by atoms with van der Waals surface area (Å²) in [5.74, 6) is -0.239. The van der Waals surface area contributed by atoms with Crippen molar-refractivity contribution in [2.75, 3.05) is 7.11 Å². The molecule has 1 aliphatic heterocycles. The van der Waals surface area contributed by atoms with Gasteiger partial charge >= 0.3 is 0 Å². The zero-order valence-corrected chi connectivity index (χ0v) is 16.7. The van der Waals surface area contributed by atoms with Crippen molar-refractivity contribution in [3.8, 4) is 5.75 Å². The Balaban J connectivity index is 1.55. The Hall–Kier alpha value is -2.89. The number of carbonyl (C=O) groups is 2. The fourth-order valence-corrected chi connectivity index (χ4v) is 4.06. The summed E-state index contributed by atoms with van der Waals surface area (Å²) in [5, 5.41) is 2.90. The molecule has 0 unspecified atom stereocenters. The van der Waals surface area contributed by atoms with Crippen LogP contribution >= 0.6 is 0 Å². The van der Waals surface area contributed by atoms with Crippen LogP contribution in [0.1, 0.15) is 42.0 Å². The van der Waals surface area contributed by atoms with E-state index in [2.05, 4.69) is 5.32 Å². The van der Waals surface area contributed by atoms with Crippen molar-refractivity contribution in [1.29, 1.82) is 0 Å². The minimum Gasteiger partial charge on any atom is -0.497 e. The largest absolute Gasteiger partial charge is 0.497 e. The van der Waals surface area contributed by atoms with Crippen LogP contribution in [0.5, 0.6) is 5.75 Å². The zero-order valence-electron chi connectivity index (χ0n) is 16.7. The molecule has 4 rings (SSSR count). The molecular weight excluding hydrogens is 371 g/mol. The van der Waals surface area contributed by atoms with E-state index in [1.54, 1.807) is 26.2 Å². The van der Waals surface area contributed by atoms with Gasteiger partial charge in [0, 0.05) is 19.0 Å². The topological polar surface area (TPSA) is 58.6 Å². The Kier molecular flexibility index (Phi) is 5.26. The molecule has 2 amide bonds. The number of halogens is 1. The van der Waals surface area contributed by atoms with Crippen molar-refractivity contribution in [2.45, 2.75) is 44.8 Å². The van der Waals surface area contributed by atoms with Gasteiger partial charge in [0.15, 0.2) is 0 Å². The fraction of sp³-hybridized carbons (Fsp3) is 0.391. The van der Waals surface area contributed by atoms with E-state index in [1.807, 2.05) is 29.2 Å². The number of hydrogen-bond donors (Lipinski definition) is 1. The van der Waals surface area contributed by atoms with E-state index in [9.17, 15) is 14.0 Å². The molecule has 0 aromatic heterocycles. The summed E-state index contributed by atoms with van der Waals surface area (Å²) in [6.45, 7) is 1.93. The van der Waals surface area contributed by atoms with Gasteiger partial charge in [0.1, 0.15) is 11.6 Å². The number of nitrogens with zero attached hydrogens (tertiary/aromatic N) is 1. The van der Waals surface area contributed by atoms with Gasteiger partial charge in [0.2, 0.25) is 11.8 Å². The van der Waals surface area contributed by atoms with E-state index in [-0.39, 0.29) is 42.7 Å². The summed E-state index contributed by atoms with van der Waals surface area (Å²) in [4.78, 5) is 27.6. The van der Waals surface area contributed by atoms with Gasteiger partial charge in [-0.05, 0) is 54.7 Å². The molecule has 0 spiro atoms. The molecule has 1 heterocycles. The van der Waals surface area contributed by atoms with Gasteiger partial charge in [-0.15, -0.1) is 0 Å². The molecule has 0 radical (unpaired) electrons. The Labute approximate surface area is 169 Å². The molecule has 1 N–H and O–H groups in total. The van der Waals surface area contributed by atoms with Gasteiger partial charge in [-0.1, -0.05) is 24.3 Å². The van der Waals surface area contributed by atoms with Crippen molar-refractivity contribution >= 4 is 11.8 Å². The molecule has 0 bridgehead atoms. The van der Waals surface area contributed by atoms with Crippen molar-refractivity contribution in [2.24, 2.45) is 5.92 Å². The standard InChI is InChI=1S/C23H25FN2O3/c1-14-6-7-15(10-20(14)24)13-25-23(28)19-12-21(27)26(17-8-9-17)22(19)16-4-3-5-18(11-16)29-2/h3-7,10-11,17,19,22H,8-9,12-13H2,1-2H3,(H,25,28)/t19-,22+/m0/s1. The van der Waals surface area contributed by atoms with Gasteiger partial charge in [0.25, 0.3) is 0 Å². The Morgan fingerprint density at radius 2 is 2.03 bits per heavy atom. The Morgan fingerprint density at radius 3 is 2.72 bits per heavy atom. The lowest BCUT2D eigenvalue weighted by Gasteiger charge is -2.28. The van der Waals surface area contributed by atoms with Crippen LogP contribution in [0.25, 0.3) is 0 Å². The third-order valence-electron chi connectivity index (χ3n) is 5.78. The molecule has 2 fully saturated rings. The fourth-order valence-electron chi connectivity index (χ4n) is 4.06. The first-order chi connectivity index (χ1) is 14.0. The molecule has 1 aliphatic carbocycles. The van der Waals surface area contributed by atoms with Crippen LogP contribution in [0.3, 0.4) is 0 Å². The lowest BCUT2D eigenvalue weighted by molar-refractivity contribution is -0.129. The lowest BCUT2D eigenvalue weighted by atomic mass is 9.92. The molecule has 6 heteroatoms. The summed E-state index contributed by atoms with van der Waals surface area (Å²) >= 11 is 0. The van der Waals surface area contributed by atoms with E-state index in [0.29, 0.717) is 16.9 Å². The van der Waals surface area contributed by atoms with Crippen LogP contribution in [0.15, 0.2) is 42.5 Å². The smallest absolute Gasteiger partial charge is 0.226 e. The number of carbonyl (C=O) groups excluding carboxylic acids is 2. The zero-order chi connectivity index (χ0) is 20.5. The number of likely N-dealkylation sites (tertiary alicyclic amines) is 1. The minimum atomic E-state index is -0.481. The molecule has 5 nitrogen and oxygen atoms in total. The Bertz CT molecular complexity index is 941. The number of nitrogens with one attached hydrogen (secondary N) is 1. The Morgan fingerprint density at radius 1 is 1.24 bits per heavy atom. The van der Waals surface area contributed by atoms with Crippen LogP contribution in [0.2, 0.25) is 0 Å². The highest BCUT2D eigenvalue weighted by Crippen LogP contribution is 2.45. The van der Waals surface area contributed by atoms with Gasteiger partial charge in [-0.25, -0.2) is 4.39 Å². The first-order valence-corrected chi connectivity index (χ1v) is 9.96. The van der Waals surface area contributed by atoms with Crippen LogP contribution in [-0.2, 0) is 16.1 Å². The second-order valence-corrected chi connectivity index (χ2v) is 7.87. The number of ether oxygens (including phenoxy) is 1. The predicted molar refractivity (Wildman–Crippen MR) is 107 cm³/mol. The summed E-state index contributed by atoms with van der Waals surface area (Å²) in [7, 11) is 1.60. The van der Waals surface area contributed by atoms with Crippen LogP contribution in [-0.4, -0.2) is 29.9 Å². The molecule has 2 aliphatic rings. The summed E-state index contributed by atoms with van der Waals surface area (Å²) in [5.41, 5.74) is 2.17. The van der Waals surface area contributed by atoms with Crippen molar-refractivity contribution in [3.63, 3.8) is 0 Å².